The number of amides is 3. The number of esters is 1. The molecule has 1 aromatic carbocycles. The van der Waals surface area contributed by atoms with Crippen LogP contribution in [0.3, 0.4) is 0 Å². The number of aryl methyl sites for hydroxylation is 2. The largest absolute Gasteiger partial charge is 0.453 e. The van der Waals surface area contributed by atoms with Crippen molar-refractivity contribution >= 4 is 23.7 Å². The van der Waals surface area contributed by atoms with E-state index in [1.165, 1.54) is 24.5 Å². The monoisotopic (exact) mass is 414 g/mol. The van der Waals surface area contributed by atoms with Gasteiger partial charge in [0.05, 0.1) is 6.42 Å². The van der Waals surface area contributed by atoms with Crippen molar-refractivity contribution in [3.8, 4) is 0 Å². The van der Waals surface area contributed by atoms with E-state index in [1.807, 2.05) is 18.2 Å². The van der Waals surface area contributed by atoms with E-state index >= 15 is 0 Å². The van der Waals surface area contributed by atoms with E-state index in [1.54, 1.807) is 0 Å². The van der Waals surface area contributed by atoms with Crippen molar-refractivity contribution in [1.82, 2.24) is 10.6 Å². The van der Waals surface area contributed by atoms with Crippen molar-refractivity contribution in [2.75, 3.05) is 0 Å². The van der Waals surface area contributed by atoms with Crippen LogP contribution >= 0.6 is 0 Å². The fourth-order valence-corrected chi connectivity index (χ4v) is 4.08. The van der Waals surface area contributed by atoms with Gasteiger partial charge in [0, 0.05) is 18.0 Å². The van der Waals surface area contributed by atoms with Gasteiger partial charge < -0.3 is 10.1 Å². The van der Waals surface area contributed by atoms with Gasteiger partial charge in [-0.3, -0.25) is 19.7 Å². The SMILES string of the molecule is C[C@@H](OC(=O)CCC(=O)c1ccc2c(c1)CCCC2)C(=O)NC(=O)NC1CCCC1. The predicted molar refractivity (Wildman–Crippen MR) is 111 cm³/mol. The molecule has 2 aliphatic rings. The zero-order valence-corrected chi connectivity index (χ0v) is 17.5. The Bertz CT molecular complexity index is 814. The molecule has 0 saturated heterocycles. The molecule has 0 aromatic heterocycles. The Balaban J connectivity index is 1.40. The van der Waals surface area contributed by atoms with E-state index in [0.29, 0.717) is 5.56 Å². The number of nitrogens with one attached hydrogen (secondary N) is 2. The standard InChI is InChI=1S/C23H30N2O5/c1-15(22(28)25-23(29)24-19-8-4-5-9-19)30-21(27)13-12-20(26)18-11-10-16-6-2-3-7-17(16)14-18/h10-11,14-15,19H,2-9,12-13H2,1H3,(H2,24,25,28,29)/t15-/m1/s1. The van der Waals surface area contributed by atoms with Crippen LogP contribution in [0.2, 0.25) is 0 Å². The van der Waals surface area contributed by atoms with Gasteiger partial charge in [-0.05, 0) is 62.6 Å². The van der Waals surface area contributed by atoms with Crippen molar-refractivity contribution in [2.24, 2.45) is 0 Å². The number of carbonyl (C=O) groups is 4. The van der Waals surface area contributed by atoms with Crippen LogP contribution in [-0.4, -0.2) is 35.8 Å². The third kappa shape index (κ3) is 6.15. The lowest BCUT2D eigenvalue weighted by molar-refractivity contribution is -0.154. The molecule has 0 bridgehead atoms. The molecule has 3 amide bonds. The van der Waals surface area contributed by atoms with Crippen molar-refractivity contribution < 1.29 is 23.9 Å². The second-order valence-electron chi connectivity index (χ2n) is 8.19. The average molecular weight is 415 g/mol. The Morgan fingerprint density at radius 3 is 2.43 bits per heavy atom. The quantitative estimate of drug-likeness (QED) is 0.527. The molecule has 0 radical (unpaired) electrons. The molecule has 0 unspecified atom stereocenters. The lowest BCUT2D eigenvalue weighted by Gasteiger charge is -2.16. The van der Waals surface area contributed by atoms with Gasteiger partial charge in [0.15, 0.2) is 11.9 Å². The van der Waals surface area contributed by atoms with Gasteiger partial charge in [0.2, 0.25) is 0 Å². The van der Waals surface area contributed by atoms with Gasteiger partial charge in [0.25, 0.3) is 5.91 Å². The van der Waals surface area contributed by atoms with E-state index < -0.39 is 24.0 Å². The smallest absolute Gasteiger partial charge is 0.321 e. The number of benzene rings is 1. The summed E-state index contributed by atoms with van der Waals surface area (Å²) in [5.41, 5.74) is 3.13. The highest BCUT2D eigenvalue weighted by molar-refractivity contribution is 5.99. The topological polar surface area (TPSA) is 102 Å². The summed E-state index contributed by atoms with van der Waals surface area (Å²) in [4.78, 5) is 48.3. The molecule has 7 heteroatoms. The summed E-state index contributed by atoms with van der Waals surface area (Å²) in [6.07, 6.45) is 7.11. The number of carbonyl (C=O) groups excluding carboxylic acids is 4. The molecule has 162 valence electrons. The van der Waals surface area contributed by atoms with E-state index in [0.717, 1.165) is 44.9 Å². The van der Waals surface area contributed by atoms with Crippen LogP contribution in [-0.2, 0) is 27.2 Å². The van der Waals surface area contributed by atoms with Crippen LogP contribution in [0, 0.1) is 0 Å². The highest BCUT2D eigenvalue weighted by Crippen LogP contribution is 2.23. The number of Topliss-reactive ketones (excluding diaryl/α,β-unsaturated/α-hetero) is 1. The molecule has 1 aromatic rings. The molecule has 0 heterocycles. The fourth-order valence-electron chi connectivity index (χ4n) is 4.08. The second kappa shape index (κ2) is 10.4. The summed E-state index contributed by atoms with van der Waals surface area (Å²) in [6, 6.07) is 5.27. The van der Waals surface area contributed by atoms with Crippen molar-refractivity contribution in [2.45, 2.75) is 83.3 Å². The summed E-state index contributed by atoms with van der Waals surface area (Å²) >= 11 is 0. The van der Waals surface area contributed by atoms with Crippen LogP contribution in [0.1, 0.15) is 79.8 Å². The molecule has 1 fully saturated rings. The maximum atomic E-state index is 12.4. The fraction of sp³-hybridized carbons (Fsp3) is 0.565. The summed E-state index contributed by atoms with van der Waals surface area (Å²) in [5.74, 6) is -1.44. The Morgan fingerprint density at radius 2 is 1.70 bits per heavy atom. The van der Waals surface area contributed by atoms with Gasteiger partial charge in [0.1, 0.15) is 0 Å². The molecule has 30 heavy (non-hydrogen) atoms. The van der Waals surface area contributed by atoms with Crippen LogP contribution in [0.25, 0.3) is 0 Å². The van der Waals surface area contributed by atoms with Crippen molar-refractivity contribution in [3.63, 3.8) is 0 Å². The molecular weight excluding hydrogens is 384 g/mol. The first-order valence-corrected chi connectivity index (χ1v) is 10.9. The maximum absolute atomic E-state index is 12.4. The van der Waals surface area contributed by atoms with Crippen LogP contribution in [0.4, 0.5) is 4.79 Å². The Hall–Kier alpha value is -2.70. The number of imide groups is 1. The van der Waals surface area contributed by atoms with Gasteiger partial charge in [-0.25, -0.2) is 4.79 Å². The summed E-state index contributed by atoms with van der Waals surface area (Å²) in [7, 11) is 0. The third-order valence-electron chi connectivity index (χ3n) is 5.83. The molecule has 1 atom stereocenters. The minimum absolute atomic E-state index is 0.0219. The predicted octanol–water partition coefficient (Wildman–Crippen LogP) is 3.23. The van der Waals surface area contributed by atoms with Gasteiger partial charge in [-0.2, -0.15) is 0 Å². The molecular formula is C23H30N2O5. The number of urea groups is 1. The second-order valence-corrected chi connectivity index (χ2v) is 8.19. The molecule has 0 aliphatic heterocycles. The van der Waals surface area contributed by atoms with Crippen LogP contribution in [0.5, 0.6) is 0 Å². The minimum atomic E-state index is -1.11. The first-order chi connectivity index (χ1) is 14.4. The average Bonchev–Trinajstić information content (AvgIpc) is 3.24. The molecule has 1 saturated carbocycles. The van der Waals surface area contributed by atoms with E-state index in [4.69, 9.17) is 4.74 Å². The zero-order chi connectivity index (χ0) is 21.5. The first-order valence-electron chi connectivity index (χ1n) is 10.9. The van der Waals surface area contributed by atoms with E-state index in [2.05, 4.69) is 10.6 Å². The summed E-state index contributed by atoms with van der Waals surface area (Å²) < 4.78 is 5.08. The highest BCUT2D eigenvalue weighted by atomic mass is 16.5. The van der Waals surface area contributed by atoms with Gasteiger partial charge >= 0.3 is 12.0 Å². The van der Waals surface area contributed by atoms with Gasteiger partial charge in [-0.15, -0.1) is 0 Å². The molecule has 0 spiro atoms. The Morgan fingerprint density at radius 1 is 1.00 bits per heavy atom. The number of hydrogen-bond donors (Lipinski definition) is 2. The molecule has 3 rings (SSSR count). The number of ketones is 1. The first kappa shape index (κ1) is 22.0. The van der Waals surface area contributed by atoms with Crippen molar-refractivity contribution in [1.29, 1.82) is 0 Å². The van der Waals surface area contributed by atoms with Crippen LogP contribution in [0.15, 0.2) is 18.2 Å². The minimum Gasteiger partial charge on any atom is -0.453 e. The highest BCUT2D eigenvalue weighted by Gasteiger charge is 2.23. The summed E-state index contributed by atoms with van der Waals surface area (Å²) in [5, 5.41) is 4.94. The molecule has 2 N–H and O–H groups in total. The Labute approximate surface area is 176 Å². The van der Waals surface area contributed by atoms with E-state index in [9.17, 15) is 19.2 Å². The molecule has 2 aliphatic carbocycles. The van der Waals surface area contributed by atoms with Crippen molar-refractivity contribution in [3.05, 3.63) is 34.9 Å². The molecule has 7 nitrogen and oxygen atoms in total. The normalized spacial score (nSPS) is 17.0. The Kier molecular flexibility index (Phi) is 7.60. The third-order valence-corrected chi connectivity index (χ3v) is 5.83. The number of rotatable bonds is 7. The zero-order valence-electron chi connectivity index (χ0n) is 17.5. The number of fused-ring (bicyclic) bond motifs is 1. The van der Waals surface area contributed by atoms with Gasteiger partial charge in [-0.1, -0.05) is 25.0 Å². The number of hydrogen-bond acceptors (Lipinski definition) is 5. The maximum Gasteiger partial charge on any atom is 0.321 e. The lowest BCUT2D eigenvalue weighted by atomic mass is 9.89. The summed E-state index contributed by atoms with van der Waals surface area (Å²) in [6.45, 7) is 1.40. The number of ether oxygens (including phenoxy) is 1. The lowest BCUT2D eigenvalue weighted by Crippen LogP contribution is -2.47. The van der Waals surface area contributed by atoms with E-state index in [-0.39, 0.29) is 24.7 Å². The van der Waals surface area contributed by atoms with Crippen LogP contribution < -0.4 is 10.6 Å².